The Morgan fingerprint density at radius 2 is 2.17 bits per heavy atom. The van der Waals surface area contributed by atoms with E-state index in [1.54, 1.807) is 24.3 Å². The van der Waals surface area contributed by atoms with Gasteiger partial charge in [-0.25, -0.2) is 0 Å². The molecule has 0 saturated carbocycles. The van der Waals surface area contributed by atoms with Crippen molar-refractivity contribution in [1.29, 1.82) is 5.26 Å². The summed E-state index contributed by atoms with van der Waals surface area (Å²) in [6.45, 7) is 1.94. The third kappa shape index (κ3) is 2.70. The van der Waals surface area contributed by atoms with Gasteiger partial charge in [-0.15, -0.1) is 11.3 Å². The maximum absolute atomic E-state index is 11.9. The predicted octanol–water partition coefficient (Wildman–Crippen LogP) is 3.83. The van der Waals surface area contributed by atoms with Crippen LogP contribution < -0.4 is 5.32 Å². The lowest BCUT2D eigenvalue weighted by Crippen LogP contribution is -2.09. The molecule has 2 aromatic rings. The van der Waals surface area contributed by atoms with Crippen molar-refractivity contribution in [3.05, 3.63) is 50.7 Å². The molecule has 1 heterocycles. The first-order valence-electron chi connectivity index (χ1n) is 5.17. The Kier molecular flexibility index (Phi) is 3.66. The molecule has 0 aliphatic rings. The first kappa shape index (κ1) is 12.6. The number of amides is 1. The third-order valence-electron chi connectivity index (χ3n) is 2.31. The normalized spacial score (nSPS) is 9.83. The number of nitrogens with one attached hydrogen (secondary N) is 1. The van der Waals surface area contributed by atoms with Crippen LogP contribution in [-0.4, -0.2) is 5.91 Å². The first-order valence-corrected chi connectivity index (χ1v) is 6.37. The summed E-state index contributed by atoms with van der Waals surface area (Å²) in [6.07, 6.45) is 0. The van der Waals surface area contributed by atoms with Crippen LogP contribution in [0.2, 0.25) is 5.02 Å². The van der Waals surface area contributed by atoms with Gasteiger partial charge in [-0.2, -0.15) is 5.26 Å². The van der Waals surface area contributed by atoms with Crippen LogP contribution in [0.4, 0.5) is 5.69 Å². The summed E-state index contributed by atoms with van der Waals surface area (Å²) in [7, 11) is 0. The summed E-state index contributed by atoms with van der Waals surface area (Å²) < 4.78 is 0. The van der Waals surface area contributed by atoms with Crippen LogP contribution in [0.3, 0.4) is 0 Å². The number of carbonyl (C=O) groups excluding carboxylic acids is 1. The zero-order valence-corrected chi connectivity index (χ0v) is 11.1. The van der Waals surface area contributed by atoms with Gasteiger partial charge >= 0.3 is 0 Å². The van der Waals surface area contributed by atoms with Crippen LogP contribution in [0.25, 0.3) is 0 Å². The van der Waals surface area contributed by atoms with Crippen LogP contribution in [0.5, 0.6) is 0 Å². The van der Waals surface area contributed by atoms with E-state index >= 15 is 0 Å². The van der Waals surface area contributed by atoms with Gasteiger partial charge in [0.2, 0.25) is 0 Å². The lowest BCUT2D eigenvalue weighted by Gasteiger charge is -2.04. The number of nitrogens with zero attached hydrogens (tertiary/aromatic N) is 1. The second kappa shape index (κ2) is 5.21. The second-order valence-electron chi connectivity index (χ2n) is 3.67. The highest BCUT2D eigenvalue weighted by Crippen LogP contribution is 2.22. The highest BCUT2D eigenvalue weighted by molar-refractivity contribution is 7.14. The van der Waals surface area contributed by atoms with E-state index in [-0.39, 0.29) is 5.91 Å². The minimum absolute atomic E-state index is 0.172. The lowest BCUT2D eigenvalue weighted by molar-refractivity contribution is 0.103. The van der Waals surface area contributed by atoms with Crippen LogP contribution in [0, 0.1) is 18.3 Å². The molecule has 18 heavy (non-hydrogen) atoms. The topological polar surface area (TPSA) is 52.9 Å². The van der Waals surface area contributed by atoms with E-state index in [0.717, 1.165) is 4.88 Å². The average Bonchev–Trinajstić information content (AvgIpc) is 2.76. The quantitative estimate of drug-likeness (QED) is 0.906. The molecule has 0 aliphatic heterocycles. The minimum atomic E-state index is -0.172. The molecule has 0 atom stereocenters. The van der Waals surface area contributed by atoms with Gasteiger partial charge in [0.05, 0.1) is 15.5 Å². The molecule has 0 spiro atoms. The first-order chi connectivity index (χ1) is 8.60. The Hall–Kier alpha value is -1.83. The standard InChI is InChI=1S/C13H9ClN2OS/c1-8-2-5-12(18-8)13(17)16-10-4-3-9(7-15)11(14)6-10/h2-6H,1H3,(H,16,17). The molecule has 5 heteroatoms. The Labute approximate surface area is 114 Å². The number of halogens is 1. The SMILES string of the molecule is Cc1ccc(C(=O)Nc2ccc(C#N)c(Cl)c2)s1. The number of benzene rings is 1. The smallest absolute Gasteiger partial charge is 0.265 e. The molecule has 1 aromatic carbocycles. The van der Waals surface area contributed by atoms with Crippen LogP contribution in [0.1, 0.15) is 20.1 Å². The molecule has 0 radical (unpaired) electrons. The van der Waals surface area contributed by atoms with Gasteiger partial charge in [0.15, 0.2) is 0 Å². The van der Waals surface area contributed by atoms with Gasteiger partial charge in [-0.1, -0.05) is 11.6 Å². The summed E-state index contributed by atoms with van der Waals surface area (Å²) in [4.78, 5) is 13.6. The van der Waals surface area contributed by atoms with Crippen molar-refractivity contribution in [3.8, 4) is 6.07 Å². The molecule has 1 amide bonds. The van der Waals surface area contributed by atoms with Crippen molar-refractivity contribution in [2.45, 2.75) is 6.92 Å². The number of thiophene rings is 1. The summed E-state index contributed by atoms with van der Waals surface area (Å²) in [5.41, 5.74) is 0.969. The van der Waals surface area contributed by atoms with Crippen molar-refractivity contribution in [1.82, 2.24) is 0 Å². The van der Waals surface area contributed by atoms with Gasteiger partial charge in [-0.3, -0.25) is 4.79 Å². The Morgan fingerprint density at radius 1 is 1.39 bits per heavy atom. The minimum Gasteiger partial charge on any atom is -0.321 e. The highest BCUT2D eigenvalue weighted by atomic mass is 35.5. The fourth-order valence-corrected chi connectivity index (χ4v) is 2.42. The van der Waals surface area contributed by atoms with Gasteiger partial charge in [-0.05, 0) is 37.3 Å². The van der Waals surface area contributed by atoms with Gasteiger partial charge in [0, 0.05) is 10.6 Å². The molecule has 2 rings (SSSR count). The lowest BCUT2D eigenvalue weighted by atomic mass is 10.2. The molecule has 0 fully saturated rings. The van der Waals surface area contributed by atoms with E-state index in [2.05, 4.69) is 5.32 Å². The number of rotatable bonds is 2. The van der Waals surface area contributed by atoms with E-state index in [1.165, 1.54) is 11.3 Å². The zero-order valence-electron chi connectivity index (χ0n) is 9.53. The number of anilines is 1. The summed E-state index contributed by atoms with van der Waals surface area (Å²) in [5, 5.41) is 11.8. The van der Waals surface area contributed by atoms with E-state index < -0.39 is 0 Å². The maximum Gasteiger partial charge on any atom is 0.265 e. The van der Waals surface area contributed by atoms with Crippen LogP contribution >= 0.6 is 22.9 Å². The molecule has 1 N–H and O–H groups in total. The van der Waals surface area contributed by atoms with Gasteiger partial charge in [0.1, 0.15) is 6.07 Å². The van der Waals surface area contributed by atoms with Crippen molar-refractivity contribution in [2.75, 3.05) is 5.32 Å². The monoisotopic (exact) mass is 276 g/mol. The van der Waals surface area contributed by atoms with Gasteiger partial charge < -0.3 is 5.32 Å². The fraction of sp³-hybridized carbons (Fsp3) is 0.0769. The number of nitriles is 1. The summed E-state index contributed by atoms with van der Waals surface area (Å²) in [5.74, 6) is -0.172. The molecule has 0 saturated heterocycles. The number of aryl methyl sites for hydroxylation is 1. The average molecular weight is 277 g/mol. The van der Waals surface area contributed by atoms with Crippen molar-refractivity contribution < 1.29 is 4.79 Å². The molecule has 90 valence electrons. The molecular formula is C13H9ClN2OS. The van der Waals surface area contributed by atoms with Crippen molar-refractivity contribution >= 4 is 34.5 Å². The molecule has 1 aromatic heterocycles. The molecule has 0 bridgehead atoms. The molecule has 0 unspecified atom stereocenters. The van der Waals surface area contributed by atoms with E-state index in [9.17, 15) is 4.79 Å². The summed E-state index contributed by atoms with van der Waals surface area (Å²) in [6, 6.07) is 10.4. The Morgan fingerprint density at radius 3 is 2.72 bits per heavy atom. The summed E-state index contributed by atoms with van der Waals surface area (Å²) >= 11 is 7.32. The van der Waals surface area contributed by atoms with Crippen LogP contribution in [-0.2, 0) is 0 Å². The largest absolute Gasteiger partial charge is 0.321 e. The second-order valence-corrected chi connectivity index (χ2v) is 5.37. The zero-order chi connectivity index (χ0) is 13.1. The predicted molar refractivity (Wildman–Crippen MR) is 73.2 cm³/mol. The number of carbonyl (C=O) groups is 1. The Bertz CT molecular complexity index is 643. The van der Waals surface area contributed by atoms with E-state index in [4.69, 9.17) is 16.9 Å². The van der Waals surface area contributed by atoms with E-state index in [0.29, 0.717) is 21.2 Å². The van der Waals surface area contributed by atoms with E-state index in [1.807, 2.05) is 19.1 Å². The van der Waals surface area contributed by atoms with Gasteiger partial charge in [0.25, 0.3) is 5.91 Å². The highest BCUT2D eigenvalue weighted by Gasteiger charge is 2.09. The number of hydrogen-bond acceptors (Lipinski definition) is 3. The van der Waals surface area contributed by atoms with Crippen molar-refractivity contribution in [3.63, 3.8) is 0 Å². The third-order valence-corrected chi connectivity index (χ3v) is 3.62. The number of hydrogen-bond donors (Lipinski definition) is 1. The molecule has 0 aliphatic carbocycles. The maximum atomic E-state index is 11.9. The fourth-order valence-electron chi connectivity index (χ4n) is 1.43. The van der Waals surface area contributed by atoms with Crippen LogP contribution in [0.15, 0.2) is 30.3 Å². The molecule has 3 nitrogen and oxygen atoms in total. The molecular weight excluding hydrogens is 268 g/mol. The Balaban J connectivity index is 2.17. The van der Waals surface area contributed by atoms with Crippen molar-refractivity contribution in [2.24, 2.45) is 0 Å².